The monoisotopic (exact) mass is 283 g/mol. The third-order valence-corrected chi connectivity index (χ3v) is 5.17. The smallest absolute Gasteiger partial charge is 0.0847 e. The molecule has 1 saturated carbocycles. The normalized spacial score (nSPS) is 24.9. The summed E-state index contributed by atoms with van der Waals surface area (Å²) in [6.45, 7) is 7.38. The lowest BCUT2D eigenvalue weighted by Gasteiger charge is -2.27. The molecule has 1 aromatic rings. The van der Waals surface area contributed by atoms with E-state index >= 15 is 0 Å². The van der Waals surface area contributed by atoms with Crippen LogP contribution in [0.1, 0.15) is 44.5 Å². The van der Waals surface area contributed by atoms with E-state index in [9.17, 15) is 0 Å². The van der Waals surface area contributed by atoms with Crippen molar-refractivity contribution in [3.8, 4) is 0 Å². The average Bonchev–Trinajstić information content (AvgIpc) is 2.93. The molecule has 1 aliphatic carbocycles. The van der Waals surface area contributed by atoms with E-state index in [0.717, 1.165) is 35.5 Å². The summed E-state index contributed by atoms with van der Waals surface area (Å²) in [4.78, 5) is 0. The number of likely N-dealkylation sites (N-methyl/N-ethyl adjacent to an activating group) is 1. The Bertz CT molecular complexity index is 427. The zero-order valence-corrected chi connectivity index (χ0v) is 13.3. The topological polar surface area (TPSA) is 29.9 Å². The molecule has 1 aromatic heterocycles. The number of aryl methyl sites for hydroxylation is 2. The van der Waals surface area contributed by atoms with Gasteiger partial charge in [-0.2, -0.15) is 5.10 Å². The number of nitrogens with one attached hydrogen (secondary N) is 1. The van der Waals surface area contributed by atoms with E-state index in [1.807, 2.05) is 6.92 Å². The largest absolute Gasteiger partial charge is 0.316 e. The van der Waals surface area contributed by atoms with Gasteiger partial charge in [0.2, 0.25) is 0 Å². The summed E-state index contributed by atoms with van der Waals surface area (Å²) in [5.41, 5.74) is 2.15. The summed E-state index contributed by atoms with van der Waals surface area (Å²) >= 11 is 6.43. The first-order valence-corrected chi connectivity index (χ1v) is 7.85. The van der Waals surface area contributed by atoms with Gasteiger partial charge in [0.1, 0.15) is 0 Å². The number of rotatable bonds is 5. The molecule has 0 bridgehead atoms. The highest BCUT2D eigenvalue weighted by molar-refractivity contribution is 6.31. The molecule has 108 valence electrons. The van der Waals surface area contributed by atoms with Gasteiger partial charge >= 0.3 is 0 Å². The van der Waals surface area contributed by atoms with E-state index in [1.165, 1.54) is 25.0 Å². The fourth-order valence-corrected chi connectivity index (χ4v) is 3.72. The van der Waals surface area contributed by atoms with Crippen LogP contribution in [0.15, 0.2) is 0 Å². The van der Waals surface area contributed by atoms with Crippen molar-refractivity contribution in [3.63, 3.8) is 0 Å². The lowest BCUT2D eigenvalue weighted by molar-refractivity contribution is 0.304. The highest BCUT2D eigenvalue weighted by Gasteiger charge is 2.31. The maximum absolute atomic E-state index is 6.43. The lowest BCUT2D eigenvalue weighted by Crippen LogP contribution is -2.37. The van der Waals surface area contributed by atoms with Gasteiger partial charge in [0.15, 0.2) is 0 Å². The summed E-state index contributed by atoms with van der Waals surface area (Å²) in [5, 5.41) is 8.88. The van der Waals surface area contributed by atoms with Crippen molar-refractivity contribution in [2.24, 2.45) is 11.8 Å². The molecule has 0 spiro atoms. The van der Waals surface area contributed by atoms with Crippen LogP contribution in [0.2, 0.25) is 5.02 Å². The van der Waals surface area contributed by atoms with Crippen molar-refractivity contribution in [1.29, 1.82) is 0 Å². The van der Waals surface area contributed by atoms with Crippen LogP contribution in [0.4, 0.5) is 0 Å². The Kier molecular flexibility index (Phi) is 4.91. The quantitative estimate of drug-likeness (QED) is 0.897. The molecular weight excluding hydrogens is 258 g/mol. The van der Waals surface area contributed by atoms with Gasteiger partial charge in [-0.1, -0.05) is 31.4 Å². The van der Waals surface area contributed by atoms with E-state index in [-0.39, 0.29) is 0 Å². The van der Waals surface area contributed by atoms with E-state index in [2.05, 4.69) is 36.0 Å². The van der Waals surface area contributed by atoms with Gasteiger partial charge < -0.3 is 5.32 Å². The van der Waals surface area contributed by atoms with E-state index in [0.29, 0.717) is 6.04 Å². The highest BCUT2D eigenvalue weighted by Crippen LogP contribution is 2.35. The number of hydrogen-bond donors (Lipinski definition) is 1. The van der Waals surface area contributed by atoms with Crippen molar-refractivity contribution in [2.75, 3.05) is 7.05 Å². The van der Waals surface area contributed by atoms with Gasteiger partial charge in [0.25, 0.3) is 0 Å². The van der Waals surface area contributed by atoms with Gasteiger partial charge in [-0.15, -0.1) is 0 Å². The summed E-state index contributed by atoms with van der Waals surface area (Å²) in [6, 6.07) is 0.511. The molecule has 0 aromatic carbocycles. The highest BCUT2D eigenvalue weighted by atomic mass is 35.5. The van der Waals surface area contributed by atoms with Crippen LogP contribution in [-0.2, 0) is 13.0 Å². The van der Waals surface area contributed by atoms with Crippen LogP contribution in [0, 0.1) is 18.8 Å². The molecule has 1 aliphatic rings. The van der Waals surface area contributed by atoms with Gasteiger partial charge in [-0.25, -0.2) is 0 Å². The van der Waals surface area contributed by atoms with Crippen LogP contribution in [-0.4, -0.2) is 22.9 Å². The summed E-state index contributed by atoms with van der Waals surface area (Å²) < 4.78 is 2.06. The number of halogens is 1. The number of aromatic nitrogens is 2. The van der Waals surface area contributed by atoms with Crippen LogP contribution < -0.4 is 5.32 Å². The van der Waals surface area contributed by atoms with E-state index in [4.69, 9.17) is 11.6 Å². The SMILES string of the molecule is CCn1nc(C)c(Cl)c1CC(NC)C1CCCC1C. The Morgan fingerprint density at radius 3 is 2.74 bits per heavy atom. The molecule has 3 unspecified atom stereocenters. The molecule has 3 atom stereocenters. The third kappa shape index (κ3) is 2.97. The Morgan fingerprint density at radius 1 is 1.47 bits per heavy atom. The maximum Gasteiger partial charge on any atom is 0.0847 e. The zero-order valence-electron chi connectivity index (χ0n) is 12.5. The van der Waals surface area contributed by atoms with Gasteiger partial charge in [0, 0.05) is 19.0 Å². The van der Waals surface area contributed by atoms with Gasteiger partial charge in [0.05, 0.1) is 16.4 Å². The fraction of sp³-hybridized carbons (Fsp3) is 0.800. The van der Waals surface area contributed by atoms with Crippen LogP contribution in [0.3, 0.4) is 0 Å². The van der Waals surface area contributed by atoms with Crippen LogP contribution in [0.5, 0.6) is 0 Å². The minimum Gasteiger partial charge on any atom is -0.316 e. The summed E-state index contributed by atoms with van der Waals surface area (Å²) in [5.74, 6) is 1.58. The predicted molar refractivity (Wildman–Crippen MR) is 80.7 cm³/mol. The molecule has 1 heterocycles. The molecule has 3 nitrogen and oxygen atoms in total. The molecule has 1 N–H and O–H groups in total. The van der Waals surface area contributed by atoms with Crippen molar-refractivity contribution in [1.82, 2.24) is 15.1 Å². The first-order chi connectivity index (χ1) is 9.08. The van der Waals surface area contributed by atoms with Gasteiger partial charge in [-0.3, -0.25) is 4.68 Å². The van der Waals surface area contributed by atoms with Crippen LogP contribution in [0.25, 0.3) is 0 Å². The van der Waals surface area contributed by atoms with Gasteiger partial charge in [-0.05, 0) is 39.2 Å². The Morgan fingerprint density at radius 2 is 2.21 bits per heavy atom. The second kappa shape index (κ2) is 6.27. The van der Waals surface area contributed by atoms with E-state index < -0.39 is 0 Å². The average molecular weight is 284 g/mol. The fourth-order valence-electron chi connectivity index (χ4n) is 3.51. The molecule has 1 fully saturated rings. The maximum atomic E-state index is 6.43. The van der Waals surface area contributed by atoms with Crippen LogP contribution >= 0.6 is 11.6 Å². The van der Waals surface area contributed by atoms with Crippen molar-refractivity contribution in [2.45, 2.75) is 59.0 Å². The minimum atomic E-state index is 0.511. The number of nitrogens with zero attached hydrogens (tertiary/aromatic N) is 2. The molecule has 0 saturated heterocycles. The molecule has 0 amide bonds. The predicted octanol–water partition coefficient (Wildman–Crippen LogP) is 3.43. The Balaban J connectivity index is 2.18. The molecular formula is C15H26ClN3. The third-order valence-electron chi connectivity index (χ3n) is 4.68. The first-order valence-electron chi connectivity index (χ1n) is 7.47. The van der Waals surface area contributed by atoms with Crippen molar-refractivity contribution in [3.05, 3.63) is 16.4 Å². The van der Waals surface area contributed by atoms with Crippen molar-refractivity contribution >= 4 is 11.6 Å². The molecule has 2 rings (SSSR count). The molecule has 0 aliphatic heterocycles. The second-order valence-electron chi connectivity index (χ2n) is 5.83. The minimum absolute atomic E-state index is 0.511. The summed E-state index contributed by atoms with van der Waals surface area (Å²) in [6.07, 6.45) is 5.05. The molecule has 4 heteroatoms. The van der Waals surface area contributed by atoms with E-state index in [1.54, 1.807) is 0 Å². The second-order valence-corrected chi connectivity index (χ2v) is 6.21. The summed E-state index contributed by atoms with van der Waals surface area (Å²) in [7, 11) is 2.07. The Hall–Kier alpha value is -0.540. The molecule has 19 heavy (non-hydrogen) atoms. The van der Waals surface area contributed by atoms with Crippen molar-refractivity contribution < 1.29 is 0 Å². The Labute approximate surface area is 121 Å². The zero-order chi connectivity index (χ0) is 14.0. The first kappa shape index (κ1) is 14.9. The molecule has 0 radical (unpaired) electrons. The standard InChI is InChI=1S/C15H26ClN3/c1-5-19-14(15(16)11(3)18-19)9-13(17-4)12-8-6-7-10(12)2/h10,12-13,17H,5-9H2,1-4H3. The number of hydrogen-bond acceptors (Lipinski definition) is 2. The lowest BCUT2D eigenvalue weighted by atomic mass is 9.87.